The predicted molar refractivity (Wildman–Crippen MR) is 106 cm³/mol. The van der Waals surface area contributed by atoms with Crippen molar-refractivity contribution in [1.82, 2.24) is 5.32 Å². The number of halogens is 2. The molecule has 140 valence electrons. The first kappa shape index (κ1) is 19.3. The lowest BCUT2D eigenvalue weighted by atomic mass is 10.0. The monoisotopic (exact) mass is 395 g/mol. The maximum atomic E-state index is 14.3. The van der Waals surface area contributed by atoms with Crippen LogP contribution in [0.5, 0.6) is 0 Å². The second-order valence-corrected chi connectivity index (χ2v) is 6.31. The third-order valence-electron chi connectivity index (χ3n) is 4.00. The van der Waals surface area contributed by atoms with Crippen LogP contribution in [0, 0.1) is 5.82 Å². The molecule has 0 atom stereocenters. The van der Waals surface area contributed by atoms with E-state index in [0.29, 0.717) is 21.7 Å². The Morgan fingerprint density at radius 1 is 0.964 bits per heavy atom. The van der Waals surface area contributed by atoms with Gasteiger partial charge in [0.25, 0.3) is 5.91 Å². The van der Waals surface area contributed by atoms with Gasteiger partial charge in [-0.15, -0.1) is 0 Å². The summed E-state index contributed by atoms with van der Waals surface area (Å²) in [7, 11) is 0. The van der Waals surface area contributed by atoms with E-state index in [4.69, 9.17) is 11.6 Å². The fraction of sp³-hybridized carbons (Fsp3) is 0. The van der Waals surface area contributed by atoms with Gasteiger partial charge in [-0.2, -0.15) is 0 Å². The number of hydrogen-bond acceptors (Lipinski definition) is 2. The highest BCUT2D eigenvalue weighted by Crippen LogP contribution is 2.29. The molecule has 3 aromatic carbocycles. The van der Waals surface area contributed by atoms with Gasteiger partial charge in [0.15, 0.2) is 0 Å². The number of hydrogen-bond donors (Lipinski definition) is 2. The van der Waals surface area contributed by atoms with E-state index in [9.17, 15) is 19.1 Å². The topological polar surface area (TPSA) is 66.4 Å². The van der Waals surface area contributed by atoms with Crippen LogP contribution in [0.2, 0.25) is 5.02 Å². The van der Waals surface area contributed by atoms with Gasteiger partial charge < -0.3 is 10.4 Å². The van der Waals surface area contributed by atoms with Gasteiger partial charge >= 0.3 is 5.97 Å². The zero-order valence-corrected chi connectivity index (χ0v) is 15.3. The Balaban J connectivity index is 1.97. The van der Waals surface area contributed by atoms with E-state index in [0.717, 1.165) is 6.08 Å². The van der Waals surface area contributed by atoms with Gasteiger partial charge in [-0.05, 0) is 42.0 Å². The van der Waals surface area contributed by atoms with Gasteiger partial charge in [0, 0.05) is 21.7 Å². The summed E-state index contributed by atoms with van der Waals surface area (Å²) in [5.41, 5.74) is 1.17. The van der Waals surface area contributed by atoms with E-state index in [-0.39, 0.29) is 5.56 Å². The molecule has 0 saturated heterocycles. The van der Waals surface area contributed by atoms with E-state index in [2.05, 4.69) is 5.32 Å². The number of carboxylic acids is 1. The molecule has 3 aromatic rings. The molecule has 0 unspecified atom stereocenters. The standard InChI is InChI=1S/C22H15ClFNO3/c23-18-9-5-4-8-17(18)15-10-11-19(24)16(12-15)13-20(22(27)28)25-21(26)14-6-2-1-3-7-14/h1-13H,(H,25,26)(H,27,28)/b20-13-. The van der Waals surface area contributed by atoms with Crippen LogP contribution in [0.1, 0.15) is 15.9 Å². The van der Waals surface area contributed by atoms with Crippen molar-refractivity contribution in [2.24, 2.45) is 0 Å². The Kier molecular flexibility index (Phi) is 5.87. The van der Waals surface area contributed by atoms with Gasteiger partial charge in [-0.1, -0.05) is 54.1 Å². The molecule has 3 rings (SSSR count). The van der Waals surface area contributed by atoms with Gasteiger partial charge in [0.05, 0.1) is 0 Å². The highest BCUT2D eigenvalue weighted by molar-refractivity contribution is 6.33. The summed E-state index contributed by atoms with van der Waals surface area (Å²) in [5.74, 6) is -2.60. The molecule has 0 aliphatic heterocycles. The minimum absolute atomic E-state index is 0.0168. The van der Waals surface area contributed by atoms with E-state index in [1.807, 2.05) is 0 Å². The molecular weight excluding hydrogens is 381 g/mol. The normalized spacial score (nSPS) is 11.1. The molecule has 2 N–H and O–H groups in total. The van der Waals surface area contributed by atoms with Crippen molar-refractivity contribution in [3.63, 3.8) is 0 Å². The van der Waals surface area contributed by atoms with Crippen LogP contribution in [-0.4, -0.2) is 17.0 Å². The first-order valence-electron chi connectivity index (χ1n) is 8.31. The summed E-state index contributed by atoms with van der Waals surface area (Å²) < 4.78 is 14.3. The number of amides is 1. The zero-order valence-electron chi connectivity index (χ0n) is 14.5. The summed E-state index contributed by atoms with van der Waals surface area (Å²) in [6, 6.07) is 19.5. The fourth-order valence-electron chi connectivity index (χ4n) is 2.61. The van der Waals surface area contributed by atoms with Crippen LogP contribution >= 0.6 is 11.6 Å². The molecular formula is C22H15ClFNO3. The molecule has 4 nitrogen and oxygen atoms in total. The molecule has 0 spiro atoms. The fourth-order valence-corrected chi connectivity index (χ4v) is 2.85. The first-order chi connectivity index (χ1) is 13.5. The van der Waals surface area contributed by atoms with Crippen molar-refractivity contribution in [3.05, 3.63) is 100 Å². The van der Waals surface area contributed by atoms with E-state index >= 15 is 0 Å². The van der Waals surface area contributed by atoms with Crippen LogP contribution in [-0.2, 0) is 4.79 Å². The summed E-state index contributed by atoms with van der Waals surface area (Å²) >= 11 is 6.18. The number of nitrogens with one attached hydrogen (secondary N) is 1. The van der Waals surface area contributed by atoms with Crippen molar-refractivity contribution in [3.8, 4) is 11.1 Å². The van der Waals surface area contributed by atoms with Crippen LogP contribution in [0.3, 0.4) is 0 Å². The minimum atomic E-state index is -1.38. The third kappa shape index (κ3) is 4.45. The van der Waals surface area contributed by atoms with Crippen molar-refractivity contribution in [2.45, 2.75) is 0 Å². The quantitative estimate of drug-likeness (QED) is 0.597. The maximum Gasteiger partial charge on any atom is 0.352 e. The van der Waals surface area contributed by atoms with Gasteiger partial charge in [-0.25, -0.2) is 9.18 Å². The largest absolute Gasteiger partial charge is 0.477 e. The van der Waals surface area contributed by atoms with Crippen molar-refractivity contribution in [1.29, 1.82) is 0 Å². The molecule has 1 amide bonds. The Bertz CT molecular complexity index is 1060. The molecule has 0 aromatic heterocycles. The zero-order chi connectivity index (χ0) is 20.1. The Hall–Kier alpha value is -3.44. The summed E-state index contributed by atoms with van der Waals surface area (Å²) in [5, 5.41) is 12.2. The van der Waals surface area contributed by atoms with Crippen LogP contribution in [0.4, 0.5) is 4.39 Å². The third-order valence-corrected chi connectivity index (χ3v) is 4.32. The van der Waals surface area contributed by atoms with E-state index in [1.54, 1.807) is 60.7 Å². The van der Waals surface area contributed by atoms with Crippen molar-refractivity contribution >= 4 is 29.6 Å². The molecule has 0 saturated carbocycles. The molecule has 6 heteroatoms. The minimum Gasteiger partial charge on any atom is -0.477 e. The molecule has 28 heavy (non-hydrogen) atoms. The van der Waals surface area contributed by atoms with E-state index < -0.39 is 23.4 Å². The molecule has 0 heterocycles. The van der Waals surface area contributed by atoms with Gasteiger partial charge in [-0.3, -0.25) is 4.79 Å². The molecule has 0 bridgehead atoms. The van der Waals surface area contributed by atoms with Gasteiger partial charge in [0.2, 0.25) is 0 Å². The van der Waals surface area contributed by atoms with Crippen LogP contribution in [0.15, 0.2) is 78.5 Å². The number of carbonyl (C=O) groups is 2. The van der Waals surface area contributed by atoms with Crippen LogP contribution in [0.25, 0.3) is 17.2 Å². The number of rotatable bonds is 5. The summed E-state index contributed by atoms with van der Waals surface area (Å²) in [6.07, 6.45) is 1.08. The van der Waals surface area contributed by atoms with Crippen LogP contribution < -0.4 is 5.32 Å². The number of benzene rings is 3. The lowest BCUT2D eigenvalue weighted by Gasteiger charge is -2.09. The second kappa shape index (κ2) is 8.50. The SMILES string of the molecule is O=C(O)/C(=C/c1cc(-c2ccccc2Cl)ccc1F)NC(=O)c1ccccc1. The Labute approximate surface area is 165 Å². The average Bonchev–Trinajstić information content (AvgIpc) is 2.70. The average molecular weight is 396 g/mol. The molecule has 0 fully saturated rings. The summed E-state index contributed by atoms with van der Waals surface area (Å²) in [6.45, 7) is 0. The highest BCUT2D eigenvalue weighted by Gasteiger charge is 2.15. The molecule has 0 aliphatic rings. The smallest absolute Gasteiger partial charge is 0.352 e. The lowest BCUT2D eigenvalue weighted by Crippen LogP contribution is -2.27. The second-order valence-electron chi connectivity index (χ2n) is 5.90. The molecule has 0 radical (unpaired) electrons. The number of aliphatic carboxylic acids is 1. The maximum absolute atomic E-state index is 14.3. The molecule has 0 aliphatic carbocycles. The Morgan fingerprint density at radius 2 is 1.64 bits per heavy atom. The lowest BCUT2D eigenvalue weighted by molar-refractivity contribution is -0.132. The predicted octanol–water partition coefficient (Wildman–Crippen LogP) is 5.00. The van der Waals surface area contributed by atoms with Crippen molar-refractivity contribution < 1.29 is 19.1 Å². The highest BCUT2D eigenvalue weighted by atomic mass is 35.5. The number of carbonyl (C=O) groups excluding carboxylic acids is 1. The number of carboxylic acid groups (broad SMARTS) is 1. The summed E-state index contributed by atoms with van der Waals surface area (Å²) in [4.78, 5) is 23.8. The van der Waals surface area contributed by atoms with E-state index in [1.165, 1.54) is 12.1 Å². The van der Waals surface area contributed by atoms with Gasteiger partial charge in [0.1, 0.15) is 11.5 Å². The first-order valence-corrected chi connectivity index (χ1v) is 8.69. The van der Waals surface area contributed by atoms with Crippen molar-refractivity contribution in [2.75, 3.05) is 0 Å². The Morgan fingerprint density at radius 3 is 2.32 bits per heavy atom.